The SMILES string of the molecule is Cc1ccc(-c2cc(C(=O)Oc3nc(=O)n(C(N)=O)cc3C)cc(-n3nnnc3C(C)C)c2)cc1. The van der Waals surface area contributed by atoms with Crippen LogP contribution in [0, 0.1) is 13.8 Å². The van der Waals surface area contributed by atoms with Crippen molar-refractivity contribution in [1.29, 1.82) is 0 Å². The molecule has 178 valence electrons. The number of ether oxygens (including phenoxy) is 1. The van der Waals surface area contributed by atoms with E-state index in [9.17, 15) is 14.4 Å². The van der Waals surface area contributed by atoms with Crippen LogP contribution in [0.5, 0.6) is 5.88 Å². The van der Waals surface area contributed by atoms with E-state index in [-0.39, 0.29) is 22.9 Å². The van der Waals surface area contributed by atoms with Crippen LogP contribution in [0.3, 0.4) is 0 Å². The lowest BCUT2D eigenvalue weighted by Gasteiger charge is -2.13. The summed E-state index contributed by atoms with van der Waals surface area (Å²) >= 11 is 0. The lowest BCUT2D eigenvalue weighted by Crippen LogP contribution is -2.33. The molecule has 4 aromatic rings. The Hall–Kier alpha value is -4.67. The van der Waals surface area contributed by atoms with Crippen LogP contribution in [0.4, 0.5) is 4.79 Å². The molecule has 35 heavy (non-hydrogen) atoms. The van der Waals surface area contributed by atoms with Crippen molar-refractivity contribution in [2.75, 3.05) is 0 Å². The van der Waals surface area contributed by atoms with Crippen molar-refractivity contribution in [3.05, 3.63) is 81.7 Å². The average molecular weight is 473 g/mol. The van der Waals surface area contributed by atoms with Crippen LogP contribution in [0.15, 0.2) is 53.5 Å². The third-order valence-electron chi connectivity index (χ3n) is 5.28. The van der Waals surface area contributed by atoms with Crippen LogP contribution in [0.2, 0.25) is 0 Å². The summed E-state index contributed by atoms with van der Waals surface area (Å²) in [6.45, 7) is 7.45. The molecule has 0 radical (unpaired) electrons. The first-order chi connectivity index (χ1) is 16.6. The molecule has 11 nitrogen and oxygen atoms in total. The number of rotatable bonds is 5. The molecule has 0 aliphatic rings. The molecule has 11 heteroatoms. The van der Waals surface area contributed by atoms with E-state index in [0.29, 0.717) is 16.1 Å². The quantitative estimate of drug-likeness (QED) is 0.435. The van der Waals surface area contributed by atoms with Crippen molar-refractivity contribution < 1.29 is 14.3 Å². The molecular weight excluding hydrogens is 450 g/mol. The van der Waals surface area contributed by atoms with Crippen molar-refractivity contribution in [2.24, 2.45) is 5.73 Å². The molecule has 0 fully saturated rings. The van der Waals surface area contributed by atoms with E-state index in [1.54, 1.807) is 23.7 Å². The number of carbonyl (C=O) groups excluding carboxylic acids is 2. The number of benzene rings is 2. The minimum Gasteiger partial charge on any atom is -0.403 e. The smallest absolute Gasteiger partial charge is 0.359 e. The van der Waals surface area contributed by atoms with E-state index in [1.807, 2.05) is 51.1 Å². The first-order valence-electron chi connectivity index (χ1n) is 10.8. The molecule has 0 unspecified atom stereocenters. The first kappa shape index (κ1) is 23.5. The molecule has 2 heterocycles. The van der Waals surface area contributed by atoms with Crippen LogP contribution in [0.1, 0.15) is 47.1 Å². The largest absolute Gasteiger partial charge is 0.403 e. The van der Waals surface area contributed by atoms with E-state index in [0.717, 1.165) is 16.7 Å². The van der Waals surface area contributed by atoms with Gasteiger partial charge in [-0.2, -0.15) is 9.67 Å². The lowest BCUT2D eigenvalue weighted by atomic mass is 10.0. The van der Waals surface area contributed by atoms with E-state index in [4.69, 9.17) is 10.5 Å². The van der Waals surface area contributed by atoms with Gasteiger partial charge in [0.2, 0.25) is 5.88 Å². The number of carbonyl (C=O) groups is 2. The van der Waals surface area contributed by atoms with E-state index in [1.165, 1.54) is 6.20 Å². The van der Waals surface area contributed by atoms with Gasteiger partial charge < -0.3 is 10.5 Å². The predicted molar refractivity (Wildman–Crippen MR) is 127 cm³/mol. The third kappa shape index (κ3) is 4.83. The Morgan fingerprint density at radius 3 is 2.40 bits per heavy atom. The van der Waals surface area contributed by atoms with Gasteiger partial charge in [0, 0.05) is 17.7 Å². The molecule has 2 aromatic carbocycles. The van der Waals surface area contributed by atoms with E-state index >= 15 is 0 Å². The molecule has 0 atom stereocenters. The zero-order chi connectivity index (χ0) is 25.3. The maximum absolute atomic E-state index is 13.2. The summed E-state index contributed by atoms with van der Waals surface area (Å²) in [6.07, 6.45) is 1.17. The highest BCUT2D eigenvalue weighted by Gasteiger charge is 2.19. The number of nitrogens with zero attached hydrogens (tertiary/aromatic N) is 6. The second-order valence-corrected chi connectivity index (χ2v) is 8.35. The summed E-state index contributed by atoms with van der Waals surface area (Å²) in [5, 5.41) is 12.0. The topological polar surface area (TPSA) is 148 Å². The number of tetrazole rings is 1. The van der Waals surface area contributed by atoms with Crippen LogP contribution in [-0.4, -0.2) is 41.8 Å². The maximum atomic E-state index is 13.2. The fraction of sp³-hybridized carbons (Fsp3) is 0.208. The van der Waals surface area contributed by atoms with Crippen LogP contribution in [0.25, 0.3) is 16.8 Å². The zero-order valence-corrected chi connectivity index (χ0v) is 19.6. The van der Waals surface area contributed by atoms with Crippen molar-refractivity contribution in [2.45, 2.75) is 33.6 Å². The summed E-state index contributed by atoms with van der Waals surface area (Å²) in [6, 6.07) is 12.0. The molecule has 1 amide bonds. The lowest BCUT2D eigenvalue weighted by molar-refractivity contribution is 0.0725. The van der Waals surface area contributed by atoms with Gasteiger partial charge in [-0.1, -0.05) is 43.7 Å². The summed E-state index contributed by atoms with van der Waals surface area (Å²) in [5.74, 6) is -0.304. The van der Waals surface area contributed by atoms with Gasteiger partial charge in [0.25, 0.3) is 0 Å². The first-order valence-corrected chi connectivity index (χ1v) is 10.8. The van der Waals surface area contributed by atoms with Crippen molar-refractivity contribution in [3.8, 4) is 22.7 Å². The molecule has 0 spiro atoms. The van der Waals surface area contributed by atoms with Crippen molar-refractivity contribution in [1.82, 2.24) is 29.8 Å². The summed E-state index contributed by atoms with van der Waals surface area (Å²) in [5.41, 5.74) is 7.98. The predicted octanol–water partition coefficient (Wildman–Crippen LogP) is 2.77. The fourth-order valence-corrected chi connectivity index (χ4v) is 3.44. The summed E-state index contributed by atoms with van der Waals surface area (Å²) in [7, 11) is 0. The van der Waals surface area contributed by atoms with Gasteiger partial charge in [-0.3, -0.25) is 0 Å². The van der Waals surface area contributed by atoms with Gasteiger partial charge in [0.1, 0.15) is 0 Å². The molecule has 0 saturated carbocycles. The Morgan fingerprint density at radius 1 is 1.03 bits per heavy atom. The maximum Gasteiger partial charge on any atom is 0.359 e. The van der Waals surface area contributed by atoms with Gasteiger partial charge in [0.15, 0.2) is 5.82 Å². The molecule has 0 bridgehead atoms. The van der Waals surface area contributed by atoms with Crippen LogP contribution in [-0.2, 0) is 0 Å². The van der Waals surface area contributed by atoms with Gasteiger partial charge >= 0.3 is 17.7 Å². The molecule has 2 aromatic heterocycles. The highest BCUT2D eigenvalue weighted by Crippen LogP contribution is 2.27. The molecular formula is C24H23N7O4. The number of hydrogen-bond donors (Lipinski definition) is 1. The molecule has 0 aliphatic carbocycles. The van der Waals surface area contributed by atoms with Crippen LogP contribution >= 0.6 is 0 Å². The second kappa shape index (κ2) is 9.29. The minimum absolute atomic E-state index is 0.0343. The minimum atomic E-state index is -0.985. The highest BCUT2D eigenvalue weighted by atomic mass is 16.5. The highest BCUT2D eigenvalue weighted by molar-refractivity contribution is 5.93. The van der Waals surface area contributed by atoms with Gasteiger partial charge in [0.05, 0.1) is 11.3 Å². The van der Waals surface area contributed by atoms with Gasteiger partial charge in [-0.05, 0) is 53.6 Å². The number of aromatic nitrogens is 6. The standard InChI is InChI=1S/C24H23N7O4/c1-13(2)20-27-28-29-31(20)19-10-17(16-7-5-14(3)6-8-16)9-18(11-19)22(32)35-21-15(4)12-30(23(25)33)24(34)26-21/h5-13H,1-4H3,(H2,25,33). The van der Waals surface area contributed by atoms with E-state index < -0.39 is 17.7 Å². The molecule has 4 rings (SSSR count). The zero-order valence-electron chi connectivity index (χ0n) is 19.6. The number of hydrogen-bond acceptors (Lipinski definition) is 8. The Kier molecular flexibility index (Phi) is 6.24. The Bertz CT molecular complexity index is 1490. The number of aryl methyl sites for hydroxylation is 2. The van der Waals surface area contributed by atoms with Crippen molar-refractivity contribution >= 4 is 12.0 Å². The Labute approximate surface area is 200 Å². The summed E-state index contributed by atoms with van der Waals surface area (Å²) in [4.78, 5) is 40.3. The third-order valence-corrected chi connectivity index (χ3v) is 5.28. The van der Waals surface area contributed by atoms with E-state index in [2.05, 4.69) is 20.5 Å². The fourth-order valence-electron chi connectivity index (χ4n) is 3.44. The van der Waals surface area contributed by atoms with Crippen LogP contribution < -0.4 is 16.2 Å². The monoisotopic (exact) mass is 473 g/mol. The molecule has 0 aliphatic heterocycles. The Balaban J connectivity index is 1.80. The van der Waals surface area contributed by atoms with Gasteiger partial charge in [-0.15, -0.1) is 5.10 Å². The number of esters is 1. The number of nitrogens with two attached hydrogens (primary N) is 1. The van der Waals surface area contributed by atoms with Gasteiger partial charge in [-0.25, -0.2) is 19.0 Å². The second-order valence-electron chi connectivity index (χ2n) is 8.35. The average Bonchev–Trinajstić information content (AvgIpc) is 3.32. The number of primary amides is 1. The number of amides is 1. The Morgan fingerprint density at radius 2 is 1.74 bits per heavy atom. The summed E-state index contributed by atoms with van der Waals surface area (Å²) < 4.78 is 7.63. The molecule has 2 N–H and O–H groups in total. The molecule has 0 saturated heterocycles. The van der Waals surface area contributed by atoms with Crippen molar-refractivity contribution in [3.63, 3.8) is 0 Å². The normalized spacial score (nSPS) is 11.0.